The largest absolute Gasteiger partial charge is 0.462 e. The molecular weight excluding hydrogens is 382 g/mol. The van der Waals surface area contributed by atoms with Crippen LogP contribution >= 0.6 is 0 Å². The molecule has 30 heavy (non-hydrogen) atoms. The molecule has 0 aromatic heterocycles. The van der Waals surface area contributed by atoms with Gasteiger partial charge >= 0.3 is 5.97 Å². The van der Waals surface area contributed by atoms with Crippen LogP contribution in [0.3, 0.4) is 0 Å². The smallest absolute Gasteiger partial charge is 0.338 e. The molecule has 2 amide bonds. The highest BCUT2D eigenvalue weighted by Crippen LogP contribution is 2.35. The van der Waals surface area contributed by atoms with E-state index in [4.69, 9.17) is 4.74 Å². The maximum atomic E-state index is 12.9. The van der Waals surface area contributed by atoms with E-state index in [-0.39, 0.29) is 24.6 Å². The Hall–Kier alpha value is -3.35. The monoisotopic (exact) mass is 407 g/mol. The van der Waals surface area contributed by atoms with Gasteiger partial charge in [0.25, 0.3) is 11.8 Å². The van der Waals surface area contributed by atoms with Gasteiger partial charge in [-0.05, 0) is 62.6 Å². The van der Waals surface area contributed by atoms with E-state index in [0.717, 1.165) is 31.5 Å². The summed E-state index contributed by atoms with van der Waals surface area (Å²) in [5.41, 5.74) is 2.74. The zero-order valence-corrected chi connectivity index (χ0v) is 17.2. The lowest BCUT2D eigenvalue weighted by molar-refractivity contribution is 0.0525. The molecule has 2 heterocycles. The number of nitrogens with one attached hydrogen (secondary N) is 1. The summed E-state index contributed by atoms with van der Waals surface area (Å²) in [6.07, 6.45) is 3.08. The van der Waals surface area contributed by atoms with Crippen molar-refractivity contribution in [2.24, 2.45) is 0 Å². The van der Waals surface area contributed by atoms with Crippen molar-refractivity contribution in [3.63, 3.8) is 0 Å². The summed E-state index contributed by atoms with van der Waals surface area (Å²) in [4.78, 5) is 41.6. The fraction of sp³-hybridized carbons (Fsp3) is 0.348. The summed E-state index contributed by atoms with van der Waals surface area (Å²) in [6, 6.07) is 11.8. The second-order valence-corrected chi connectivity index (χ2v) is 7.57. The van der Waals surface area contributed by atoms with E-state index in [1.807, 2.05) is 11.9 Å². The molecule has 1 N–H and O–H groups in total. The molecule has 1 unspecified atom stereocenters. The molecule has 1 saturated heterocycles. The number of piperidine rings is 1. The van der Waals surface area contributed by atoms with Crippen LogP contribution in [0.4, 0.5) is 11.4 Å². The number of anilines is 2. The molecule has 1 atom stereocenters. The Kier molecular flexibility index (Phi) is 5.44. The van der Waals surface area contributed by atoms with Gasteiger partial charge in [-0.2, -0.15) is 0 Å². The summed E-state index contributed by atoms with van der Waals surface area (Å²) >= 11 is 0. The van der Waals surface area contributed by atoms with Crippen molar-refractivity contribution in [2.75, 3.05) is 30.4 Å². The van der Waals surface area contributed by atoms with Crippen molar-refractivity contribution in [1.29, 1.82) is 0 Å². The van der Waals surface area contributed by atoms with Crippen LogP contribution in [0.5, 0.6) is 0 Å². The molecule has 0 aliphatic carbocycles. The summed E-state index contributed by atoms with van der Waals surface area (Å²) in [5.74, 6) is -0.702. The third kappa shape index (κ3) is 3.63. The quantitative estimate of drug-likeness (QED) is 0.785. The maximum Gasteiger partial charge on any atom is 0.338 e. The average molecular weight is 407 g/mol. The first-order valence-electron chi connectivity index (χ1n) is 10.3. The van der Waals surface area contributed by atoms with Crippen molar-refractivity contribution in [3.05, 3.63) is 59.2 Å². The number of fused-ring (bicyclic) bond motifs is 2. The lowest BCUT2D eigenvalue weighted by Gasteiger charge is -2.46. The van der Waals surface area contributed by atoms with E-state index >= 15 is 0 Å². The molecule has 4 rings (SSSR count). The van der Waals surface area contributed by atoms with Crippen molar-refractivity contribution < 1.29 is 19.1 Å². The van der Waals surface area contributed by atoms with Crippen molar-refractivity contribution in [2.45, 2.75) is 32.4 Å². The van der Waals surface area contributed by atoms with Crippen molar-refractivity contribution in [3.8, 4) is 0 Å². The first-order valence-corrected chi connectivity index (χ1v) is 10.3. The van der Waals surface area contributed by atoms with E-state index in [1.54, 1.807) is 49.4 Å². The van der Waals surface area contributed by atoms with Crippen molar-refractivity contribution in [1.82, 2.24) is 4.90 Å². The van der Waals surface area contributed by atoms with Gasteiger partial charge in [0.05, 0.1) is 23.4 Å². The van der Waals surface area contributed by atoms with E-state index in [1.165, 1.54) is 0 Å². The first kappa shape index (κ1) is 19.9. The minimum Gasteiger partial charge on any atom is -0.462 e. The fourth-order valence-corrected chi connectivity index (χ4v) is 4.16. The molecular formula is C23H25N3O4. The summed E-state index contributed by atoms with van der Waals surface area (Å²) in [6.45, 7) is 2.80. The number of rotatable bonds is 4. The third-order valence-corrected chi connectivity index (χ3v) is 5.68. The summed E-state index contributed by atoms with van der Waals surface area (Å²) in [5, 5.41) is 2.82. The summed E-state index contributed by atoms with van der Waals surface area (Å²) in [7, 11) is 1.97. The van der Waals surface area contributed by atoms with E-state index in [0.29, 0.717) is 22.4 Å². The van der Waals surface area contributed by atoms with Gasteiger partial charge in [0.1, 0.15) is 6.17 Å². The van der Waals surface area contributed by atoms with Crippen LogP contribution in [0.15, 0.2) is 42.5 Å². The lowest BCUT2D eigenvalue weighted by Crippen LogP contribution is -2.55. The minimum atomic E-state index is -0.431. The Morgan fingerprint density at radius 2 is 1.97 bits per heavy atom. The number of ether oxygens (including phenoxy) is 1. The Morgan fingerprint density at radius 3 is 2.77 bits per heavy atom. The predicted molar refractivity (Wildman–Crippen MR) is 114 cm³/mol. The van der Waals surface area contributed by atoms with Crippen LogP contribution < -0.4 is 10.2 Å². The molecule has 1 fully saturated rings. The molecule has 156 valence electrons. The van der Waals surface area contributed by atoms with Gasteiger partial charge in [0.15, 0.2) is 0 Å². The lowest BCUT2D eigenvalue weighted by atomic mass is 9.97. The average Bonchev–Trinajstić information content (AvgIpc) is 2.77. The first-order chi connectivity index (χ1) is 14.5. The van der Waals surface area contributed by atoms with E-state index in [2.05, 4.69) is 10.2 Å². The number of carbonyl (C=O) groups is 3. The molecule has 0 radical (unpaired) electrons. The van der Waals surface area contributed by atoms with Gasteiger partial charge in [0, 0.05) is 24.8 Å². The standard InChI is InChI=1S/C23H25N3O4/c1-3-30-23(29)16-7-6-8-17(13-16)24-21(27)15-10-11-18-19(14-15)25(2)20-9-4-5-12-26(20)22(18)28/h6-8,10-11,13-14,20H,3-5,9,12H2,1-2H3,(H,24,27). The Labute approximate surface area is 175 Å². The molecule has 0 saturated carbocycles. The van der Waals surface area contributed by atoms with Crippen LogP contribution in [0.25, 0.3) is 0 Å². The second-order valence-electron chi connectivity index (χ2n) is 7.57. The Balaban J connectivity index is 1.57. The highest BCUT2D eigenvalue weighted by Gasteiger charge is 2.37. The normalized spacial score (nSPS) is 17.8. The number of amides is 2. The molecule has 0 bridgehead atoms. The number of nitrogens with zero attached hydrogens (tertiary/aromatic N) is 2. The van der Waals surface area contributed by atoms with E-state index in [9.17, 15) is 14.4 Å². The topological polar surface area (TPSA) is 79.0 Å². The number of hydrogen-bond donors (Lipinski definition) is 1. The van der Waals surface area contributed by atoms with Crippen molar-refractivity contribution >= 4 is 29.2 Å². The Bertz CT molecular complexity index is 1000. The zero-order chi connectivity index (χ0) is 21.3. The number of esters is 1. The Morgan fingerprint density at radius 1 is 1.13 bits per heavy atom. The maximum absolute atomic E-state index is 12.9. The van der Waals surface area contributed by atoms with Crippen LogP contribution in [0.1, 0.15) is 57.3 Å². The molecule has 7 nitrogen and oxygen atoms in total. The van der Waals surface area contributed by atoms with Crippen LogP contribution in [-0.4, -0.2) is 49.0 Å². The van der Waals surface area contributed by atoms with Gasteiger partial charge in [0.2, 0.25) is 0 Å². The molecule has 7 heteroatoms. The highest BCUT2D eigenvalue weighted by atomic mass is 16.5. The minimum absolute atomic E-state index is 0.0295. The summed E-state index contributed by atoms with van der Waals surface area (Å²) < 4.78 is 5.01. The molecule has 2 aliphatic heterocycles. The fourth-order valence-electron chi connectivity index (χ4n) is 4.16. The van der Waals surface area contributed by atoms with Crippen LogP contribution in [0.2, 0.25) is 0 Å². The van der Waals surface area contributed by atoms with Crippen LogP contribution in [-0.2, 0) is 4.74 Å². The molecule has 2 aromatic rings. The highest BCUT2D eigenvalue weighted by molar-refractivity contribution is 6.08. The third-order valence-electron chi connectivity index (χ3n) is 5.68. The van der Waals surface area contributed by atoms with Gasteiger partial charge in [-0.25, -0.2) is 4.79 Å². The molecule has 2 aliphatic rings. The molecule has 2 aromatic carbocycles. The van der Waals surface area contributed by atoms with E-state index < -0.39 is 5.97 Å². The predicted octanol–water partition coefficient (Wildman–Crippen LogP) is 3.52. The second kappa shape index (κ2) is 8.18. The van der Waals surface area contributed by atoms with Gasteiger partial charge < -0.3 is 19.9 Å². The number of hydrogen-bond acceptors (Lipinski definition) is 5. The van der Waals surface area contributed by atoms with Gasteiger partial charge in [-0.15, -0.1) is 0 Å². The van der Waals surface area contributed by atoms with Gasteiger partial charge in [-0.1, -0.05) is 6.07 Å². The number of benzene rings is 2. The molecule has 0 spiro atoms. The zero-order valence-electron chi connectivity index (χ0n) is 17.2. The number of carbonyl (C=O) groups excluding carboxylic acids is 3. The van der Waals surface area contributed by atoms with Crippen LogP contribution in [0, 0.1) is 0 Å². The SMILES string of the molecule is CCOC(=O)c1cccc(NC(=O)c2ccc3c(c2)N(C)C2CCCCN2C3=O)c1. The van der Waals surface area contributed by atoms with Gasteiger partial charge in [-0.3, -0.25) is 9.59 Å².